The average molecular weight is 291 g/mol. The van der Waals surface area contributed by atoms with E-state index in [1.54, 1.807) is 23.7 Å². The fourth-order valence-electron chi connectivity index (χ4n) is 2.23. The molecule has 6 heteroatoms. The molecule has 0 saturated carbocycles. The highest BCUT2D eigenvalue weighted by Crippen LogP contribution is 2.26. The molecule has 0 spiro atoms. The van der Waals surface area contributed by atoms with Gasteiger partial charge in [-0.15, -0.1) is 0 Å². The molecule has 0 aromatic carbocycles. The number of ether oxygens (including phenoxy) is 2. The Bertz CT molecular complexity index is 547. The van der Waals surface area contributed by atoms with Gasteiger partial charge in [-0.2, -0.15) is 16.3 Å². The molecule has 5 nitrogen and oxygen atoms in total. The number of nitrogens with zero attached hydrogens (tertiary/aromatic N) is 3. The zero-order valence-corrected chi connectivity index (χ0v) is 12.2. The van der Waals surface area contributed by atoms with Crippen LogP contribution in [0, 0.1) is 0 Å². The van der Waals surface area contributed by atoms with Crippen molar-refractivity contribution < 1.29 is 9.47 Å². The second-order valence-electron chi connectivity index (χ2n) is 4.51. The number of anilines is 1. The Morgan fingerprint density at radius 1 is 1.50 bits per heavy atom. The number of morpholine rings is 1. The molecule has 106 valence electrons. The largest absolute Gasteiger partial charge is 0.477 e. The van der Waals surface area contributed by atoms with Crippen LogP contribution in [0.3, 0.4) is 0 Å². The van der Waals surface area contributed by atoms with Crippen LogP contribution in [0.15, 0.2) is 29.2 Å². The van der Waals surface area contributed by atoms with E-state index >= 15 is 0 Å². The number of thiophene rings is 1. The van der Waals surface area contributed by atoms with Gasteiger partial charge in [0.05, 0.1) is 25.6 Å². The summed E-state index contributed by atoms with van der Waals surface area (Å²) in [7, 11) is 0. The quantitative estimate of drug-likeness (QED) is 0.866. The molecule has 1 saturated heterocycles. The normalized spacial score (nSPS) is 19.1. The molecule has 0 aliphatic carbocycles. The summed E-state index contributed by atoms with van der Waals surface area (Å²) in [5.41, 5.74) is 1.23. The zero-order valence-electron chi connectivity index (χ0n) is 11.4. The molecule has 0 amide bonds. The van der Waals surface area contributed by atoms with E-state index < -0.39 is 0 Å². The molecule has 3 rings (SSSR count). The van der Waals surface area contributed by atoms with Crippen LogP contribution in [-0.4, -0.2) is 36.3 Å². The number of hydrogen-bond acceptors (Lipinski definition) is 6. The van der Waals surface area contributed by atoms with E-state index in [-0.39, 0.29) is 6.10 Å². The van der Waals surface area contributed by atoms with Crippen molar-refractivity contribution in [2.45, 2.75) is 13.0 Å². The molecule has 2 aromatic heterocycles. The topological polar surface area (TPSA) is 47.5 Å². The first-order valence-electron chi connectivity index (χ1n) is 6.70. The van der Waals surface area contributed by atoms with E-state index in [0.717, 1.165) is 18.9 Å². The maximum Gasteiger partial charge on any atom is 0.234 e. The lowest BCUT2D eigenvalue weighted by molar-refractivity contribution is 0.0397. The van der Waals surface area contributed by atoms with Crippen LogP contribution in [0.5, 0.6) is 5.88 Å². The number of rotatable bonds is 4. The third kappa shape index (κ3) is 2.91. The fourth-order valence-corrected chi connectivity index (χ4v) is 2.93. The Kier molecular flexibility index (Phi) is 4.13. The first-order valence-corrected chi connectivity index (χ1v) is 7.64. The Balaban J connectivity index is 1.74. The van der Waals surface area contributed by atoms with E-state index in [2.05, 4.69) is 31.7 Å². The molecule has 1 unspecified atom stereocenters. The molecule has 0 bridgehead atoms. The second-order valence-corrected chi connectivity index (χ2v) is 5.29. The third-order valence-corrected chi connectivity index (χ3v) is 3.90. The molecule has 3 heterocycles. The summed E-state index contributed by atoms with van der Waals surface area (Å²) < 4.78 is 11.2. The number of aromatic nitrogens is 2. The predicted molar refractivity (Wildman–Crippen MR) is 78.4 cm³/mol. The van der Waals surface area contributed by atoms with Crippen LogP contribution < -0.4 is 9.64 Å². The maximum absolute atomic E-state index is 5.84. The fraction of sp³-hybridized carbons (Fsp3) is 0.429. The molecule has 1 aliphatic rings. The average Bonchev–Trinajstić information content (AvgIpc) is 3.02. The highest BCUT2D eigenvalue weighted by molar-refractivity contribution is 7.07. The van der Waals surface area contributed by atoms with E-state index in [1.807, 2.05) is 6.92 Å². The van der Waals surface area contributed by atoms with Gasteiger partial charge in [0.1, 0.15) is 6.10 Å². The minimum atomic E-state index is 0.104. The van der Waals surface area contributed by atoms with Gasteiger partial charge in [-0.25, -0.2) is 0 Å². The third-order valence-electron chi connectivity index (χ3n) is 3.20. The maximum atomic E-state index is 5.84. The lowest BCUT2D eigenvalue weighted by atomic mass is 10.1. The summed E-state index contributed by atoms with van der Waals surface area (Å²) in [6.07, 6.45) is 3.52. The van der Waals surface area contributed by atoms with Gasteiger partial charge in [0.25, 0.3) is 0 Å². The molecule has 0 N–H and O–H groups in total. The molecular weight excluding hydrogens is 274 g/mol. The molecule has 1 fully saturated rings. The first kappa shape index (κ1) is 13.3. The van der Waals surface area contributed by atoms with E-state index in [1.165, 1.54) is 5.56 Å². The Hall–Kier alpha value is -1.66. The summed E-state index contributed by atoms with van der Waals surface area (Å²) in [5.74, 6) is 1.42. The summed E-state index contributed by atoms with van der Waals surface area (Å²) in [4.78, 5) is 10.9. The van der Waals surface area contributed by atoms with Crippen molar-refractivity contribution >= 4 is 17.2 Å². The van der Waals surface area contributed by atoms with Crippen molar-refractivity contribution in [3.05, 3.63) is 34.8 Å². The molecule has 1 atom stereocenters. The van der Waals surface area contributed by atoms with Crippen LogP contribution in [0.2, 0.25) is 0 Å². The van der Waals surface area contributed by atoms with Crippen molar-refractivity contribution in [2.24, 2.45) is 0 Å². The van der Waals surface area contributed by atoms with Crippen molar-refractivity contribution in [2.75, 3.05) is 31.2 Å². The minimum absolute atomic E-state index is 0.104. The van der Waals surface area contributed by atoms with Gasteiger partial charge in [-0.05, 0) is 29.3 Å². The van der Waals surface area contributed by atoms with E-state index in [9.17, 15) is 0 Å². The van der Waals surface area contributed by atoms with Gasteiger partial charge >= 0.3 is 0 Å². The van der Waals surface area contributed by atoms with Crippen molar-refractivity contribution in [3.63, 3.8) is 0 Å². The van der Waals surface area contributed by atoms with Gasteiger partial charge in [0.2, 0.25) is 5.88 Å². The van der Waals surface area contributed by atoms with Gasteiger partial charge in [-0.1, -0.05) is 0 Å². The van der Waals surface area contributed by atoms with Crippen LogP contribution in [0.25, 0.3) is 0 Å². The van der Waals surface area contributed by atoms with Crippen molar-refractivity contribution in [1.29, 1.82) is 0 Å². The first-order chi connectivity index (χ1) is 9.86. The highest BCUT2D eigenvalue weighted by Gasteiger charge is 2.23. The summed E-state index contributed by atoms with van der Waals surface area (Å²) in [5, 5.41) is 4.21. The molecule has 2 aromatic rings. The zero-order chi connectivity index (χ0) is 13.8. The molecule has 0 radical (unpaired) electrons. The smallest absolute Gasteiger partial charge is 0.234 e. The molecule has 20 heavy (non-hydrogen) atoms. The van der Waals surface area contributed by atoms with E-state index in [0.29, 0.717) is 19.1 Å². The summed E-state index contributed by atoms with van der Waals surface area (Å²) in [6, 6.07) is 2.11. The molecular formula is C14H17N3O2S. The van der Waals surface area contributed by atoms with Crippen molar-refractivity contribution in [1.82, 2.24) is 9.97 Å². The lowest BCUT2D eigenvalue weighted by Crippen LogP contribution is -2.38. The highest BCUT2D eigenvalue weighted by atomic mass is 32.1. The standard InChI is InChI=1S/C14H17N3O2S/c1-2-18-14-8-15-7-13(16-14)17-4-5-19-12(9-17)11-3-6-20-10-11/h3,6-8,10,12H,2,4-5,9H2,1H3. The minimum Gasteiger partial charge on any atom is -0.477 e. The monoisotopic (exact) mass is 291 g/mol. The van der Waals surface area contributed by atoms with Crippen LogP contribution in [0.1, 0.15) is 18.6 Å². The van der Waals surface area contributed by atoms with Gasteiger partial charge in [0.15, 0.2) is 5.82 Å². The second kappa shape index (κ2) is 6.19. The summed E-state index contributed by atoms with van der Waals surface area (Å²) in [6.45, 7) is 4.85. The van der Waals surface area contributed by atoms with Gasteiger partial charge in [0, 0.05) is 13.1 Å². The van der Waals surface area contributed by atoms with E-state index in [4.69, 9.17) is 9.47 Å². The van der Waals surface area contributed by atoms with Crippen LogP contribution in [-0.2, 0) is 4.74 Å². The van der Waals surface area contributed by atoms with Gasteiger partial charge in [-0.3, -0.25) is 4.98 Å². The van der Waals surface area contributed by atoms with Crippen molar-refractivity contribution in [3.8, 4) is 5.88 Å². The van der Waals surface area contributed by atoms with Crippen LogP contribution >= 0.6 is 11.3 Å². The Morgan fingerprint density at radius 3 is 3.25 bits per heavy atom. The lowest BCUT2D eigenvalue weighted by Gasteiger charge is -2.33. The Morgan fingerprint density at radius 2 is 2.45 bits per heavy atom. The molecule has 1 aliphatic heterocycles. The SMILES string of the molecule is CCOc1cncc(N2CCOC(c3ccsc3)C2)n1. The van der Waals surface area contributed by atoms with Gasteiger partial charge < -0.3 is 14.4 Å². The summed E-state index contributed by atoms with van der Waals surface area (Å²) >= 11 is 1.69. The van der Waals surface area contributed by atoms with Crippen LogP contribution in [0.4, 0.5) is 5.82 Å². The Labute approximate surface area is 122 Å². The number of hydrogen-bond donors (Lipinski definition) is 0. The predicted octanol–water partition coefficient (Wildman–Crippen LogP) is 2.51.